The third kappa shape index (κ3) is 3.53. The van der Waals surface area contributed by atoms with Gasteiger partial charge in [-0.2, -0.15) is 0 Å². The maximum Gasteiger partial charge on any atom is 0.261 e. The minimum Gasteiger partial charge on any atom is -0.407 e. The van der Waals surface area contributed by atoms with Crippen molar-refractivity contribution in [3.8, 4) is 0 Å². The summed E-state index contributed by atoms with van der Waals surface area (Å²) in [6.45, 7) is 8.24. The first-order valence-electron chi connectivity index (χ1n) is 10.3. The Bertz CT molecular complexity index is 713. The maximum atomic E-state index is 9.38. The fourth-order valence-corrected chi connectivity index (χ4v) is 9.61. The zero-order chi connectivity index (χ0) is 19.1. The highest BCUT2D eigenvalue weighted by Gasteiger charge is 2.55. The standard InChI is InChI=1S/C24H32O2Si/c1-24(2,3)27(20-10-6-4-7-11-20,21-12-8-5-9-13-21)26-17-19-15-23(19)22-14-18(22)16-25/h4-13,18-19,22-23,25H,14-17H2,1-3H3/t18-,19+,22+,23-/m1/s1. The lowest BCUT2D eigenvalue weighted by molar-refractivity contribution is 0.254. The highest BCUT2D eigenvalue weighted by atomic mass is 28.4. The Balaban J connectivity index is 1.62. The van der Waals surface area contributed by atoms with E-state index in [1.165, 1.54) is 23.2 Å². The van der Waals surface area contributed by atoms with Crippen molar-refractivity contribution in [3.05, 3.63) is 60.7 Å². The van der Waals surface area contributed by atoms with E-state index in [1.54, 1.807) is 0 Å². The summed E-state index contributed by atoms with van der Waals surface area (Å²) in [7, 11) is -2.39. The van der Waals surface area contributed by atoms with Crippen LogP contribution < -0.4 is 10.4 Å². The number of hydrogen-bond acceptors (Lipinski definition) is 2. The first-order chi connectivity index (χ1) is 13.0. The second-order valence-electron chi connectivity index (χ2n) is 9.48. The summed E-state index contributed by atoms with van der Waals surface area (Å²) in [4.78, 5) is 0. The first-order valence-corrected chi connectivity index (χ1v) is 12.2. The fraction of sp³-hybridized carbons (Fsp3) is 0.500. The van der Waals surface area contributed by atoms with Crippen molar-refractivity contribution < 1.29 is 9.53 Å². The third-order valence-corrected chi connectivity index (χ3v) is 11.7. The molecule has 2 saturated carbocycles. The van der Waals surface area contributed by atoms with Crippen LogP contribution in [0.1, 0.15) is 33.6 Å². The van der Waals surface area contributed by atoms with E-state index in [0.717, 1.165) is 18.4 Å². The smallest absolute Gasteiger partial charge is 0.261 e. The van der Waals surface area contributed by atoms with Gasteiger partial charge in [-0.05, 0) is 51.9 Å². The molecule has 27 heavy (non-hydrogen) atoms. The fourth-order valence-electron chi connectivity index (χ4n) is 4.99. The Kier molecular flexibility index (Phi) is 5.04. The monoisotopic (exact) mass is 380 g/mol. The van der Waals surface area contributed by atoms with E-state index in [-0.39, 0.29) is 5.04 Å². The van der Waals surface area contributed by atoms with Gasteiger partial charge in [0.2, 0.25) is 0 Å². The Morgan fingerprint density at radius 3 is 1.78 bits per heavy atom. The van der Waals surface area contributed by atoms with Crippen molar-refractivity contribution in [1.82, 2.24) is 0 Å². The van der Waals surface area contributed by atoms with Gasteiger partial charge in [0.1, 0.15) is 0 Å². The predicted molar refractivity (Wildman–Crippen MR) is 114 cm³/mol. The van der Waals surface area contributed by atoms with Gasteiger partial charge in [-0.15, -0.1) is 0 Å². The van der Waals surface area contributed by atoms with Crippen molar-refractivity contribution in [2.45, 2.75) is 38.7 Å². The maximum absolute atomic E-state index is 9.38. The number of hydrogen-bond donors (Lipinski definition) is 1. The molecule has 4 rings (SSSR count). The van der Waals surface area contributed by atoms with Gasteiger partial charge in [-0.3, -0.25) is 0 Å². The van der Waals surface area contributed by atoms with E-state index >= 15 is 0 Å². The molecule has 2 aliphatic carbocycles. The second kappa shape index (κ2) is 7.19. The van der Waals surface area contributed by atoms with Crippen LogP contribution in [0.25, 0.3) is 0 Å². The van der Waals surface area contributed by atoms with E-state index < -0.39 is 8.32 Å². The zero-order valence-electron chi connectivity index (χ0n) is 16.8. The molecule has 2 aromatic rings. The summed E-state index contributed by atoms with van der Waals surface area (Å²) in [6.07, 6.45) is 2.50. The third-order valence-electron chi connectivity index (χ3n) is 6.67. The summed E-state index contributed by atoms with van der Waals surface area (Å²) in [5.41, 5.74) is 0. The van der Waals surface area contributed by atoms with Gasteiger partial charge >= 0.3 is 0 Å². The molecule has 0 amide bonds. The largest absolute Gasteiger partial charge is 0.407 e. The molecule has 0 saturated heterocycles. The van der Waals surface area contributed by atoms with E-state index in [1.807, 2.05) is 0 Å². The number of benzene rings is 2. The molecule has 2 aliphatic rings. The number of aliphatic hydroxyl groups excluding tert-OH is 1. The second-order valence-corrected chi connectivity index (χ2v) is 13.8. The molecular weight excluding hydrogens is 348 g/mol. The van der Waals surface area contributed by atoms with Gasteiger partial charge in [-0.25, -0.2) is 0 Å². The summed E-state index contributed by atoms with van der Waals surface area (Å²) in [6, 6.07) is 21.8. The minimum atomic E-state index is -2.39. The Hall–Kier alpha value is -1.42. The van der Waals surface area contributed by atoms with E-state index in [2.05, 4.69) is 81.4 Å². The highest BCUT2D eigenvalue weighted by Crippen LogP contribution is 2.58. The Morgan fingerprint density at radius 1 is 0.852 bits per heavy atom. The van der Waals surface area contributed by atoms with Gasteiger partial charge in [-0.1, -0.05) is 81.4 Å². The Morgan fingerprint density at radius 2 is 1.33 bits per heavy atom. The van der Waals surface area contributed by atoms with Gasteiger partial charge in [0.05, 0.1) is 0 Å². The van der Waals surface area contributed by atoms with Crippen molar-refractivity contribution in [3.63, 3.8) is 0 Å². The van der Waals surface area contributed by atoms with Crippen molar-refractivity contribution in [1.29, 1.82) is 0 Å². The lowest BCUT2D eigenvalue weighted by Gasteiger charge is -2.43. The van der Waals surface area contributed by atoms with Crippen molar-refractivity contribution >= 4 is 18.7 Å². The molecule has 0 bridgehead atoms. The van der Waals surface area contributed by atoms with Crippen LogP contribution >= 0.6 is 0 Å². The van der Waals surface area contributed by atoms with Crippen LogP contribution in [-0.4, -0.2) is 26.6 Å². The highest BCUT2D eigenvalue weighted by molar-refractivity contribution is 6.99. The van der Waals surface area contributed by atoms with Gasteiger partial charge in [0.15, 0.2) is 0 Å². The molecule has 2 aromatic carbocycles. The van der Waals surface area contributed by atoms with Gasteiger partial charge in [0, 0.05) is 13.2 Å². The summed E-state index contributed by atoms with van der Waals surface area (Å²) < 4.78 is 7.04. The van der Waals surface area contributed by atoms with Crippen LogP contribution in [0.15, 0.2) is 60.7 Å². The summed E-state index contributed by atoms with van der Waals surface area (Å²) >= 11 is 0. The molecule has 3 heteroatoms. The summed E-state index contributed by atoms with van der Waals surface area (Å²) in [5.74, 6) is 2.77. The van der Waals surface area contributed by atoms with Crippen LogP contribution in [0, 0.1) is 23.7 Å². The van der Waals surface area contributed by atoms with E-state index in [0.29, 0.717) is 18.4 Å². The zero-order valence-corrected chi connectivity index (χ0v) is 17.8. The normalized spacial score (nSPS) is 27.4. The average Bonchev–Trinajstić information content (AvgIpc) is 3.57. The molecule has 0 unspecified atom stereocenters. The van der Waals surface area contributed by atoms with Crippen LogP contribution in [0.3, 0.4) is 0 Å². The topological polar surface area (TPSA) is 29.5 Å². The molecule has 0 spiro atoms. The molecule has 0 heterocycles. The molecule has 2 nitrogen and oxygen atoms in total. The van der Waals surface area contributed by atoms with E-state index in [4.69, 9.17) is 4.43 Å². The van der Waals surface area contributed by atoms with Crippen LogP contribution in [0.5, 0.6) is 0 Å². The summed E-state index contributed by atoms with van der Waals surface area (Å²) in [5, 5.41) is 12.2. The van der Waals surface area contributed by atoms with Crippen molar-refractivity contribution in [2.75, 3.05) is 13.2 Å². The SMILES string of the molecule is CC(C)(C)[Si](OC[C@@H]1C[C@H]1[C@H]1C[C@@H]1CO)(c1ccccc1)c1ccccc1. The minimum absolute atomic E-state index is 0.0489. The predicted octanol–water partition coefficient (Wildman–Crippen LogP) is 3.83. The van der Waals surface area contributed by atoms with E-state index in [9.17, 15) is 5.11 Å². The Labute approximate surface area is 164 Å². The number of rotatable bonds is 7. The molecule has 0 radical (unpaired) electrons. The van der Waals surface area contributed by atoms with Gasteiger partial charge < -0.3 is 9.53 Å². The van der Waals surface area contributed by atoms with Gasteiger partial charge in [0.25, 0.3) is 8.32 Å². The average molecular weight is 381 g/mol. The lowest BCUT2D eigenvalue weighted by Crippen LogP contribution is -2.66. The molecule has 0 aliphatic heterocycles. The van der Waals surface area contributed by atoms with Crippen LogP contribution in [0.4, 0.5) is 0 Å². The van der Waals surface area contributed by atoms with Crippen molar-refractivity contribution in [2.24, 2.45) is 23.7 Å². The molecule has 144 valence electrons. The molecule has 4 atom stereocenters. The quantitative estimate of drug-likeness (QED) is 0.740. The molecular formula is C24H32O2Si. The number of aliphatic hydroxyl groups is 1. The first kappa shape index (κ1) is 18.9. The molecule has 2 fully saturated rings. The van der Waals surface area contributed by atoms with Crippen LogP contribution in [0.2, 0.25) is 5.04 Å². The lowest BCUT2D eigenvalue weighted by atomic mass is 10.2. The van der Waals surface area contributed by atoms with Crippen LogP contribution in [-0.2, 0) is 4.43 Å². The molecule has 0 aromatic heterocycles. The molecule has 1 N–H and O–H groups in total.